The van der Waals surface area contributed by atoms with Crippen molar-refractivity contribution in [1.82, 2.24) is 4.98 Å². The van der Waals surface area contributed by atoms with Gasteiger partial charge in [-0.05, 0) is 42.1 Å². The number of aromatic nitrogens is 1. The van der Waals surface area contributed by atoms with E-state index >= 15 is 0 Å². The molecule has 2 N–H and O–H groups in total. The van der Waals surface area contributed by atoms with Crippen LogP contribution in [0.4, 0.5) is 4.39 Å². The highest BCUT2D eigenvalue weighted by atomic mass is 35.5. The molecule has 1 aromatic carbocycles. The van der Waals surface area contributed by atoms with E-state index in [2.05, 4.69) is 4.98 Å². The van der Waals surface area contributed by atoms with Gasteiger partial charge in [0.25, 0.3) is 0 Å². The van der Waals surface area contributed by atoms with Gasteiger partial charge in [-0.1, -0.05) is 0 Å². The fourth-order valence-corrected chi connectivity index (χ4v) is 1.50. The molecule has 0 saturated heterocycles. The molecule has 0 bridgehead atoms. The van der Waals surface area contributed by atoms with Crippen molar-refractivity contribution in [2.75, 3.05) is 6.54 Å². The minimum Gasteiger partial charge on any atom is -0.330 e. The average Bonchev–Trinajstić information content (AvgIpc) is 2.19. The molecule has 4 heteroatoms. The van der Waals surface area contributed by atoms with Crippen molar-refractivity contribution in [2.45, 2.75) is 6.42 Å². The van der Waals surface area contributed by atoms with Crippen molar-refractivity contribution in [2.24, 2.45) is 5.73 Å². The zero-order valence-corrected chi connectivity index (χ0v) is 8.93. The second kappa shape index (κ2) is 5.05. The highest BCUT2D eigenvalue weighted by Gasteiger charge is 2.03. The van der Waals surface area contributed by atoms with E-state index in [0.717, 1.165) is 10.8 Å². The second-order valence-corrected chi connectivity index (χ2v) is 3.21. The Morgan fingerprint density at radius 2 is 2.07 bits per heavy atom. The molecule has 2 rings (SSSR count). The molecule has 15 heavy (non-hydrogen) atoms. The van der Waals surface area contributed by atoms with Crippen molar-refractivity contribution in [3.8, 4) is 0 Å². The van der Waals surface area contributed by atoms with Gasteiger partial charge >= 0.3 is 0 Å². The van der Waals surface area contributed by atoms with E-state index in [9.17, 15) is 4.39 Å². The summed E-state index contributed by atoms with van der Waals surface area (Å²) in [6, 6.07) is 5.21. The van der Waals surface area contributed by atoms with Gasteiger partial charge in [0.1, 0.15) is 5.82 Å². The molecule has 2 nitrogen and oxygen atoms in total. The third-order valence-electron chi connectivity index (χ3n) is 2.22. The van der Waals surface area contributed by atoms with Crippen LogP contribution in [0.3, 0.4) is 0 Å². The molecule has 0 aliphatic heterocycles. The molecule has 80 valence electrons. The van der Waals surface area contributed by atoms with Gasteiger partial charge in [-0.3, -0.25) is 4.98 Å². The molecule has 0 aliphatic carbocycles. The molecule has 0 atom stereocenters. The summed E-state index contributed by atoms with van der Waals surface area (Å²) in [6.45, 7) is 0.466. The summed E-state index contributed by atoms with van der Waals surface area (Å²) in [7, 11) is 0. The van der Waals surface area contributed by atoms with Crippen molar-refractivity contribution in [3.63, 3.8) is 0 Å². The number of hydrogen-bond acceptors (Lipinski definition) is 2. The van der Waals surface area contributed by atoms with Crippen molar-refractivity contribution in [3.05, 3.63) is 42.0 Å². The lowest BCUT2D eigenvalue weighted by atomic mass is 10.1. The lowest BCUT2D eigenvalue weighted by Gasteiger charge is -2.03. The van der Waals surface area contributed by atoms with Gasteiger partial charge in [-0.15, -0.1) is 12.4 Å². The Morgan fingerprint density at radius 1 is 1.27 bits per heavy atom. The Labute approximate surface area is 93.7 Å². The second-order valence-electron chi connectivity index (χ2n) is 3.21. The van der Waals surface area contributed by atoms with Crippen molar-refractivity contribution < 1.29 is 4.39 Å². The molecular formula is C11H12ClFN2. The van der Waals surface area contributed by atoms with Crippen LogP contribution in [0.2, 0.25) is 0 Å². The van der Waals surface area contributed by atoms with E-state index in [1.807, 2.05) is 12.1 Å². The van der Waals surface area contributed by atoms with Crippen LogP contribution in [-0.4, -0.2) is 11.5 Å². The highest BCUT2D eigenvalue weighted by molar-refractivity contribution is 5.85. The summed E-state index contributed by atoms with van der Waals surface area (Å²) in [5.74, 6) is -0.198. The molecule has 0 spiro atoms. The number of pyridine rings is 1. The number of nitrogens with two attached hydrogens (primary N) is 1. The molecule has 1 aromatic heterocycles. The Kier molecular flexibility index (Phi) is 4.00. The standard InChI is InChI=1S/C11H11FN2.ClH/c12-11-6-10-7-14-4-2-8(10)5-9(11)1-3-13;/h2,4-7H,1,3,13H2;1H. The van der Waals surface area contributed by atoms with Crippen LogP contribution in [0.5, 0.6) is 0 Å². The first kappa shape index (κ1) is 11.9. The van der Waals surface area contributed by atoms with Gasteiger partial charge in [0.15, 0.2) is 0 Å². The Bertz CT molecular complexity index is 459. The summed E-state index contributed by atoms with van der Waals surface area (Å²) >= 11 is 0. The van der Waals surface area contributed by atoms with E-state index in [1.54, 1.807) is 12.4 Å². The quantitative estimate of drug-likeness (QED) is 0.854. The first-order chi connectivity index (χ1) is 6.81. The monoisotopic (exact) mass is 226 g/mol. The van der Waals surface area contributed by atoms with Crippen molar-refractivity contribution in [1.29, 1.82) is 0 Å². The van der Waals surface area contributed by atoms with Gasteiger partial charge in [0.2, 0.25) is 0 Å². The van der Waals surface area contributed by atoms with Crippen LogP contribution in [0.1, 0.15) is 5.56 Å². The van der Waals surface area contributed by atoms with E-state index in [0.29, 0.717) is 18.5 Å². The van der Waals surface area contributed by atoms with Crippen LogP contribution in [0.25, 0.3) is 10.8 Å². The number of hydrogen-bond donors (Lipinski definition) is 1. The maximum Gasteiger partial charge on any atom is 0.127 e. The van der Waals surface area contributed by atoms with Crippen LogP contribution >= 0.6 is 12.4 Å². The van der Waals surface area contributed by atoms with Gasteiger partial charge in [-0.25, -0.2) is 4.39 Å². The highest BCUT2D eigenvalue weighted by Crippen LogP contribution is 2.18. The van der Waals surface area contributed by atoms with Gasteiger partial charge in [-0.2, -0.15) is 0 Å². The lowest BCUT2D eigenvalue weighted by molar-refractivity contribution is 0.611. The molecule has 0 amide bonds. The summed E-state index contributed by atoms with van der Waals surface area (Å²) in [4.78, 5) is 3.94. The van der Waals surface area contributed by atoms with E-state index in [-0.39, 0.29) is 18.2 Å². The third kappa shape index (κ3) is 2.43. The molecule has 1 heterocycles. The average molecular weight is 227 g/mol. The topological polar surface area (TPSA) is 38.9 Å². The summed E-state index contributed by atoms with van der Waals surface area (Å²) in [6.07, 6.45) is 3.93. The number of halogens is 2. The normalized spacial score (nSPS) is 10.0. The molecule has 0 unspecified atom stereocenters. The SMILES string of the molecule is Cl.NCCc1cc2ccncc2cc1F. The minimum atomic E-state index is -0.198. The smallest absolute Gasteiger partial charge is 0.127 e. The maximum absolute atomic E-state index is 13.4. The summed E-state index contributed by atoms with van der Waals surface area (Å²) in [5, 5.41) is 1.83. The predicted molar refractivity (Wildman–Crippen MR) is 61.7 cm³/mol. The third-order valence-corrected chi connectivity index (χ3v) is 2.22. The van der Waals surface area contributed by atoms with E-state index in [4.69, 9.17) is 5.73 Å². The Balaban J connectivity index is 0.00000112. The fraction of sp³-hybridized carbons (Fsp3) is 0.182. The number of fused-ring (bicyclic) bond motifs is 1. The number of rotatable bonds is 2. The summed E-state index contributed by atoms with van der Waals surface area (Å²) in [5.41, 5.74) is 6.07. The lowest BCUT2D eigenvalue weighted by Crippen LogP contribution is -2.04. The first-order valence-electron chi connectivity index (χ1n) is 4.53. The Hall–Kier alpha value is -1.19. The predicted octanol–water partition coefficient (Wildman–Crippen LogP) is 2.30. The molecule has 0 aliphatic rings. The maximum atomic E-state index is 13.4. The Morgan fingerprint density at radius 3 is 2.80 bits per heavy atom. The van der Waals surface area contributed by atoms with Crippen LogP contribution in [0, 0.1) is 5.82 Å². The molecule has 0 saturated carbocycles. The minimum absolute atomic E-state index is 0. The first-order valence-corrected chi connectivity index (χ1v) is 4.53. The fourth-order valence-electron chi connectivity index (χ4n) is 1.50. The van der Waals surface area contributed by atoms with Crippen LogP contribution in [-0.2, 0) is 6.42 Å². The number of benzene rings is 1. The van der Waals surface area contributed by atoms with Gasteiger partial charge in [0, 0.05) is 17.8 Å². The van der Waals surface area contributed by atoms with Gasteiger partial charge < -0.3 is 5.73 Å². The molecule has 0 fully saturated rings. The number of nitrogens with zero attached hydrogens (tertiary/aromatic N) is 1. The molecule has 0 radical (unpaired) electrons. The summed E-state index contributed by atoms with van der Waals surface area (Å²) < 4.78 is 13.4. The zero-order valence-electron chi connectivity index (χ0n) is 8.11. The van der Waals surface area contributed by atoms with Crippen LogP contribution in [0.15, 0.2) is 30.6 Å². The molecular weight excluding hydrogens is 215 g/mol. The zero-order chi connectivity index (χ0) is 9.97. The van der Waals surface area contributed by atoms with Crippen molar-refractivity contribution >= 4 is 23.2 Å². The largest absolute Gasteiger partial charge is 0.330 e. The molecule has 2 aromatic rings. The van der Waals surface area contributed by atoms with Gasteiger partial charge in [0.05, 0.1) is 0 Å². The van der Waals surface area contributed by atoms with Crippen LogP contribution < -0.4 is 5.73 Å². The van der Waals surface area contributed by atoms with E-state index < -0.39 is 0 Å². The van der Waals surface area contributed by atoms with E-state index in [1.165, 1.54) is 6.07 Å².